The molecule has 2 unspecified atom stereocenters. The lowest BCUT2D eigenvalue weighted by Gasteiger charge is -2.21. The Kier molecular flexibility index (Phi) is 8.51. The number of ether oxygens (including phenoxy) is 1. The van der Waals surface area contributed by atoms with Gasteiger partial charge in [-0.1, -0.05) is 13.8 Å². The van der Waals surface area contributed by atoms with Crippen molar-refractivity contribution in [2.75, 3.05) is 6.61 Å². The molecule has 0 rings (SSSR count). The van der Waals surface area contributed by atoms with E-state index in [1.807, 2.05) is 34.6 Å². The molecule has 0 radical (unpaired) electrons. The van der Waals surface area contributed by atoms with Gasteiger partial charge in [-0.05, 0) is 39.5 Å². The van der Waals surface area contributed by atoms with Gasteiger partial charge in [0.05, 0.1) is 6.10 Å². The van der Waals surface area contributed by atoms with E-state index in [-0.39, 0.29) is 23.5 Å². The summed E-state index contributed by atoms with van der Waals surface area (Å²) in [5, 5.41) is 2.66. The minimum Gasteiger partial charge on any atom is -0.378 e. The quantitative estimate of drug-likeness (QED) is 0.557. The van der Waals surface area contributed by atoms with Gasteiger partial charge in [0, 0.05) is 18.6 Å². The van der Waals surface area contributed by atoms with Crippen LogP contribution in [0.15, 0.2) is 0 Å². The summed E-state index contributed by atoms with van der Waals surface area (Å²) in [5.74, 6) is -0.707. The fourth-order valence-corrected chi connectivity index (χ4v) is 1.75. The number of carbonyl (C=O) groups is 2. The molecular formula is C15H31N3O3. The molecule has 5 N–H and O–H groups in total. The normalized spacial score (nSPS) is 14.8. The van der Waals surface area contributed by atoms with Gasteiger partial charge in [0.25, 0.3) is 0 Å². The molecule has 0 bridgehead atoms. The Morgan fingerprint density at radius 3 is 2.24 bits per heavy atom. The SMILES string of the molecule is CC(CCC(=O)NC(C(N)=O)C(C)C)OCCC(C)(C)N. The van der Waals surface area contributed by atoms with Crippen molar-refractivity contribution in [2.45, 2.75) is 71.6 Å². The summed E-state index contributed by atoms with van der Waals surface area (Å²) in [7, 11) is 0. The molecule has 0 aromatic rings. The zero-order valence-corrected chi connectivity index (χ0v) is 13.9. The Labute approximate surface area is 128 Å². The molecule has 2 amide bonds. The molecule has 124 valence electrons. The second-order valence-electron chi connectivity index (χ2n) is 6.65. The van der Waals surface area contributed by atoms with Crippen LogP contribution >= 0.6 is 0 Å². The third-order valence-corrected chi connectivity index (χ3v) is 3.22. The van der Waals surface area contributed by atoms with Crippen LogP contribution in [0.3, 0.4) is 0 Å². The van der Waals surface area contributed by atoms with Crippen molar-refractivity contribution in [3.63, 3.8) is 0 Å². The molecule has 0 saturated heterocycles. The number of hydrogen-bond donors (Lipinski definition) is 3. The van der Waals surface area contributed by atoms with E-state index in [2.05, 4.69) is 5.32 Å². The average Bonchev–Trinajstić information content (AvgIpc) is 2.31. The number of primary amides is 1. The molecule has 0 aliphatic heterocycles. The van der Waals surface area contributed by atoms with E-state index in [9.17, 15) is 9.59 Å². The Bertz CT molecular complexity index is 338. The van der Waals surface area contributed by atoms with Crippen LogP contribution in [0.2, 0.25) is 0 Å². The fraction of sp³-hybridized carbons (Fsp3) is 0.867. The van der Waals surface area contributed by atoms with Crippen molar-refractivity contribution in [3.8, 4) is 0 Å². The highest BCUT2D eigenvalue weighted by Crippen LogP contribution is 2.08. The van der Waals surface area contributed by atoms with E-state index in [1.54, 1.807) is 0 Å². The van der Waals surface area contributed by atoms with Gasteiger partial charge in [0.1, 0.15) is 6.04 Å². The third-order valence-electron chi connectivity index (χ3n) is 3.22. The van der Waals surface area contributed by atoms with Crippen molar-refractivity contribution in [2.24, 2.45) is 17.4 Å². The van der Waals surface area contributed by atoms with Gasteiger partial charge < -0.3 is 21.5 Å². The number of hydrogen-bond acceptors (Lipinski definition) is 4. The molecule has 0 heterocycles. The Balaban J connectivity index is 3.99. The Morgan fingerprint density at radius 1 is 1.24 bits per heavy atom. The number of nitrogens with one attached hydrogen (secondary N) is 1. The molecule has 0 spiro atoms. The smallest absolute Gasteiger partial charge is 0.240 e. The second kappa shape index (κ2) is 9.00. The van der Waals surface area contributed by atoms with E-state index >= 15 is 0 Å². The lowest BCUT2D eigenvalue weighted by Crippen LogP contribution is -2.47. The molecule has 2 atom stereocenters. The topological polar surface area (TPSA) is 107 Å². The predicted molar refractivity (Wildman–Crippen MR) is 83.5 cm³/mol. The molecule has 6 nitrogen and oxygen atoms in total. The summed E-state index contributed by atoms with van der Waals surface area (Å²) < 4.78 is 5.62. The van der Waals surface area contributed by atoms with Crippen LogP contribution in [0.4, 0.5) is 0 Å². The fourth-order valence-electron chi connectivity index (χ4n) is 1.75. The lowest BCUT2D eigenvalue weighted by atomic mass is 10.0. The summed E-state index contributed by atoms with van der Waals surface area (Å²) in [6, 6.07) is -0.619. The lowest BCUT2D eigenvalue weighted by molar-refractivity contribution is -0.128. The summed E-state index contributed by atoms with van der Waals surface area (Å²) >= 11 is 0. The monoisotopic (exact) mass is 301 g/mol. The van der Waals surface area contributed by atoms with Crippen LogP contribution < -0.4 is 16.8 Å². The second-order valence-corrected chi connectivity index (χ2v) is 6.65. The third kappa shape index (κ3) is 10.3. The van der Waals surface area contributed by atoms with Crippen molar-refractivity contribution >= 4 is 11.8 Å². The van der Waals surface area contributed by atoms with Crippen molar-refractivity contribution in [1.82, 2.24) is 5.32 Å². The summed E-state index contributed by atoms with van der Waals surface area (Å²) in [5.41, 5.74) is 10.9. The van der Waals surface area contributed by atoms with Gasteiger partial charge >= 0.3 is 0 Å². The first-order valence-electron chi connectivity index (χ1n) is 7.52. The first-order chi connectivity index (χ1) is 9.53. The Morgan fingerprint density at radius 2 is 1.81 bits per heavy atom. The van der Waals surface area contributed by atoms with Crippen LogP contribution in [-0.2, 0) is 14.3 Å². The van der Waals surface area contributed by atoms with Crippen molar-refractivity contribution in [3.05, 3.63) is 0 Å². The minimum atomic E-state index is -0.619. The zero-order valence-electron chi connectivity index (χ0n) is 13.9. The van der Waals surface area contributed by atoms with Gasteiger partial charge in [0.2, 0.25) is 11.8 Å². The first-order valence-corrected chi connectivity index (χ1v) is 7.52. The van der Waals surface area contributed by atoms with Gasteiger partial charge in [-0.3, -0.25) is 9.59 Å². The molecule has 0 aromatic heterocycles. The van der Waals surface area contributed by atoms with Crippen LogP contribution in [0.5, 0.6) is 0 Å². The maximum atomic E-state index is 11.8. The van der Waals surface area contributed by atoms with Crippen molar-refractivity contribution in [1.29, 1.82) is 0 Å². The highest BCUT2D eigenvalue weighted by Gasteiger charge is 2.21. The van der Waals surface area contributed by atoms with Crippen LogP contribution in [0, 0.1) is 5.92 Å². The maximum Gasteiger partial charge on any atom is 0.240 e. The molecule has 21 heavy (non-hydrogen) atoms. The molecule has 0 aromatic carbocycles. The summed E-state index contributed by atoms with van der Waals surface area (Å²) in [6.45, 7) is 10.1. The van der Waals surface area contributed by atoms with Crippen molar-refractivity contribution < 1.29 is 14.3 Å². The largest absolute Gasteiger partial charge is 0.378 e. The van der Waals surface area contributed by atoms with Gasteiger partial charge in [-0.15, -0.1) is 0 Å². The molecule has 0 aliphatic rings. The molecule has 6 heteroatoms. The van der Waals surface area contributed by atoms with Gasteiger partial charge in [-0.25, -0.2) is 0 Å². The van der Waals surface area contributed by atoms with E-state index in [4.69, 9.17) is 16.2 Å². The van der Waals surface area contributed by atoms with E-state index in [1.165, 1.54) is 0 Å². The number of amides is 2. The number of nitrogens with two attached hydrogens (primary N) is 2. The van der Waals surface area contributed by atoms with E-state index in [0.717, 1.165) is 6.42 Å². The average molecular weight is 301 g/mol. The molecular weight excluding hydrogens is 270 g/mol. The highest BCUT2D eigenvalue weighted by molar-refractivity contribution is 5.86. The highest BCUT2D eigenvalue weighted by atomic mass is 16.5. The number of rotatable bonds is 10. The predicted octanol–water partition coefficient (Wildman–Crippen LogP) is 0.925. The van der Waals surface area contributed by atoms with Crippen LogP contribution in [-0.4, -0.2) is 36.1 Å². The minimum absolute atomic E-state index is 0.0214. The summed E-state index contributed by atoms with van der Waals surface area (Å²) in [4.78, 5) is 23.0. The maximum absolute atomic E-state index is 11.8. The first kappa shape index (κ1) is 19.9. The zero-order chi connectivity index (χ0) is 16.6. The van der Waals surface area contributed by atoms with E-state index in [0.29, 0.717) is 19.4 Å². The molecule has 0 aliphatic carbocycles. The van der Waals surface area contributed by atoms with Crippen LogP contribution in [0.25, 0.3) is 0 Å². The van der Waals surface area contributed by atoms with Gasteiger partial charge in [-0.2, -0.15) is 0 Å². The molecule has 0 saturated carbocycles. The van der Waals surface area contributed by atoms with Gasteiger partial charge in [0.15, 0.2) is 0 Å². The van der Waals surface area contributed by atoms with E-state index < -0.39 is 11.9 Å². The van der Waals surface area contributed by atoms with Crippen LogP contribution in [0.1, 0.15) is 53.9 Å². The Hall–Kier alpha value is -1.14. The molecule has 0 fully saturated rings. The standard InChI is InChI=1S/C15H31N3O3/c1-10(2)13(14(16)20)18-12(19)7-6-11(3)21-9-8-15(4,5)17/h10-11,13H,6-9,17H2,1-5H3,(H2,16,20)(H,18,19). The summed E-state index contributed by atoms with van der Waals surface area (Å²) in [6.07, 6.45) is 1.65. The number of carbonyl (C=O) groups excluding carboxylic acids is 2.